The summed E-state index contributed by atoms with van der Waals surface area (Å²) in [5.74, 6) is -1.62. The summed E-state index contributed by atoms with van der Waals surface area (Å²) in [6.45, 7) is 0.855. The summed E-state index contributed by atoms with van der Waals surface area (Å²) in [6.07, 6.45) is 2.65. The summed E-state index contributed by atoms with van der Waals surface area (Å²) in [5, 5.41) is 6.99. The Bertz CT molecular complexity index is 1150. The number of hydrogen-bond donors (Lipinski definition) is 2. The number of carbonyl (C=O) groups is 3. The number of piperidine rings is 1. The first-order valence-corrected chi connectivity index (χ1v) is 10.2. The molecule has 32 heavy (non-hydrogen) atoms. The van der Waals surface area contributed by atoms with Crippen molar-refractivity contribution >= 4 is 23.4 Å². The number of nitrogens with one attached hydrogen (secondary N) is 1. The highest BCUT2D eigenvalue weighted by molar-refractivity contribution is 6.08. The van der Waals surface area contributed by atoms with Gasteiger partial charge in [-0.05, 0) is 55.3 Å². The Kier molecular flexibility index (Phi) is 5.98. The normalized spacial score (nSPS) is 14.2. The van der Waals surface area contributed by atoms with Crippen LogP contribution in [0.4, 0.5) is 10.1 Å². The molecule has 0 unspecified atom stereocenters. The minimum absolute atomic E-state index is 0.152. The minimum Gasteiger partial charge on any atom is -0.369 e. The number of amides is 3. The van der Waals surface area contributed by atoms with Crippen molar-refractivity contribution in [1.82, 2.24) is 14.7 Å². The highest BCUT2D eigenvalue weighted by Gasteiger charge is 2.27. The lowest BCUT2D eigenvalue weighted by Gasteiger charge is -2.31. The number of para-hydroxylation sites is 1. The zero-order valence-corrected chi connectivity index (χ0v) is 17.2. The lowest BCUT2D eigenvalue weighted by molar-refractivity contribution is -0.123. The third kappa shape index (κ3) is 4.51. The van der Waals surface area contributed by atoms with Gasteiger partial charge in [-0.15, -0.1) is 0 Å². The van der Waals surface area contributed by atoms with Crippen LogP contribution < -0.4 is 11.1 Å². The topological polar surface area (TPSA) is 110 Å². The number of rotatable bonds is 5. The molecule has 1 aliphatic rings. The maximum Gasteiger partial charge on any atom is 0.276 e. The Morgan fingerprint density at radius 3 is 2.38 bits per heavy atom. The first-order valence-electron chi connectivity index (χ1n) is 10.2. The molecule has 3 N–H and O–H groups in total. The highest BCUT2D eigenvalue weighted by atomic mass is 19.1. The molecule has 0 bridgehead atoms. The van der Waals surface area contributed by atoms with E-state index < -0.39 is 5.91 Å². The van der Waals surface area contributed by atoms with Gasteiger partial charge in [-0.2, -0.15) is 5.10 Å². The van der Waals surface area contributed by atoms with Crippen LogP contribution in [-0.2, 0) is 4.79 Å². The van der Waals surface area contributed by atoms with Crippen LogP contribution >= 0.6 is 0 Å². The van der Waals surface area contributed by atoms with Crippen LogP contribution in [0.25, 0.3) is 5.69 Å². The van der Waals surface area contributed by atoms with Crippen LogP contribution in [-0.4, -0.2) is 45.5 Å². The van der Waals surface area contributed by atoms with Crippen LogP contribution in [0.1, 0.15) is 33.7 Å². The maximum absolute atomic E-state index is 13.1. The van der Waals surface area contributed by atoms with Gasteiger partial charge in [0, 0.05) is 25.2 Å². The molecule has 1 aliphatic heterocycles. The number of nitrogens with zero attached hydrogens (tertiary/aromatic N) is 3. The number of nitrogens with two attached hydrogens (primary N) is 1. The predicted octanol–water partition coefficient (Wildman–Crippen LogP) is 2.60. The first-order chi connectivity index (χ1) is 15.4. The van der Waals surface area contributed by atoms with Crippen LogP contribution in [0.2, 0.25) is 0 Å². The van der Waals surface area contributed by atoms with Gasteiger partial charge in [0.2, 0.25) is 5.91 Å². The third-order valence-corrected chi connectivity index (χ3v) is 5.50. The highest BCUT2D eigenvalue weighted by Crippen LogP contribution is 2.23. The van der Waals surface area contributed by atoms with Gasteiger partial charge in [0.25, 0.3) is 11.8 Å². The second kappa shape index (κ2) is 9.01. The van der Waals surface area contributed by atoms with Gasteiger partial charge in [0.15, 0.2) is 5.69 Å². The van der Waals surface area contributed by atoms with Crippen molar-refractivity contribution in [1.29, 1.82) is 0 Å². The lowest BCUT2D eigenvalue weighted by Crippen LogP contribution is -2.42. The molecule has 0 atom stereocenters. The van der Waals surface area contributed by atoms with E-state index >= 15 is 0 Å². The number of likely N-dealkylation sites (tertiary alicyclic amines) is 1. The number of hydrogen-bond acceptors (Lipinski definition) is 4. The zero-order valence-electron chi connectivity index (χ0n) is 17.2. The molecule has 0 spiro atoms. The Labute approximate surface area is 183 Å². The van der Waals surface area contributed by atoms with Crippen molar-refractivity contribution in [3.05, 3.63) is 77.9 Å². The average molecular weight is 435 g/mol. The molecule has 8 nitrogen and oxygen atoms in total. The molecule has 1 aromatic heterocycles. The molecule has 0 aliphatic carbocycles. The number of halogens is 1. The SMILES string of the molecule is NC(=O)C1CCN(C(=O)c2ccccc2NC(=O)c2ccn(-c3ccc(F)cc3)n2)CC1. The van der Waals surface area contributed by atoms with Gasteiger partial charge in [0.05, 0.1) is 16.9 Å². The van der Waals surface area contributed by atoms with E-state index in [4.69, 9.17) is 5.73 Å². The molecular formula is C23H22FN5O3. The number of aromatic nitrogens is 2. The second-order valence-corrected chi connectivity index (χ2v) is 7.59. The van der Waals surface area contributed by atoms with E-state index in [2.05, 4.69) is 10.4 Å². The van der Waals surface area contributed by atoms with Crippen LogP contribution in [0.3, 0.4) is 0 Å². The van der Waals surface area contributed by atoms with Crippen molar-refractivity contribution in [3.8, 4) is 5.69 Å². The van der Waals surface area contributed by atoms with E-state index in [1.54, 1.807) is 47.5 Å². The average Bonchev–Trinajstić information content (AvgIpc) is 3.30. The van der Waals surface area contributed by atoms with E-state index in [1.165, 1.54) is 22.9 Å². The molecule has 2 aromatic carbocycles. The zero-order chi connectivity index (χ0) is 22.7. The number of anilines is 1. The lowest BCUT2D eigenvalue weighted by atomic mass is 9.95. The summed E-state index contributed by atoms with van der Waals surface area (Å²) in [5.41, 5.74) is 6.86. The molecule has 2 heterocycles. The molecule has 1 saturated heterocycles. The molecule has 9 heteroatoms. The summed E-state index contributed by atoms with van der Waals surface area (Å²) in [6, 6.07) is 14.0. The number of primary amides is 1. The minimum atomic E-state index is -0.474. The Morgan fingerprint density at radius 1 is 1.00 bits per heavy atom. The molecule has 3 aromatic rings. The van der Waals surface area contributed by atoms with Crippen molar-refractivity contribution in [2.75, 3.05) is 18.4 Å². The van der Waals surface area contributed by atoms with E-state index in [-0.39, 0.29) is 29.2 Å². The molecule has 3 amide bonds. The molecule has 0 radical (unpaired) electrons. The Morgan fingerprint density at radius 2 is 1.69 bits per heavy atom. The van der Waals surface area contributed by atoms with Crippen molar-refractivity contribution < 1.29 is 18.8 Å². The van der Waals surface area contributed by atoms with Crippen LogP contribution in [0, 0.1) is 11.7 Å². The van der Waals surface area contributed by atoms with Crippen molar-refractivity contribution in [2.45, 2.75) is 12.8 Å². The van der Waals surface area contributed by atoms with Gasteiger partial charge >= 0.3 is 0 Å². The third-order valence-electron chi connectivity index (χ3n) is 5.50. The second-order valence-electron chi connectivity index (χ2n) is 7.59. The Balaban J connectivity index is 1.47. The standard InChI is InChI=1S/C23H22FN5O3/c24-16-5-7-17(8-6-16)29-14-11-20(27-29)22(31)26-19-4-2-1-3-18(19)23(32)28-12-9-15(10-13-28)21(25)30/h1-8,11,14-15H,9-10,12-13H2,(H2,25,30)(H,26,31). The van der Waals surface area contributed by atoms with E-state index in [0.717, 1.165) is 0 Å². The van der Waals surface area contributed by atoms with Crippen LogP contribution in [0.15, 0.2) is 60.8 Å². The number of carbonyl (C=O) groups excluding carboxylic acids is 3. The van der Waals surface area contributed by atoms with E-state index in [1.807, 2.05) is 0 Å². The fourth-order valence-corrected chi connectivity index (χ4v) is 3.69. The van der Waals surface area contributed by atoms with Crippen LogP contribution in [0.5, 0.6) is 0 Å². The van der Waals surface area contributed by atoms with Gasteiger partial charge < -0.3 is 16.0 Å². The molecule has 164 valence electrons. The fourth-order valence-electron chi connectivity index (χ4n) is 3.69. The summed E-state index contributed by atoms with van der Waals surface area (Å²) in [7, 11) is 0. The van der Waals surface area contributed by atoms with Gasteiger partial charge in [-0.1, -0.05) is 12.1 Å². The largest absolute Gasteiger partial charge is 0.369 e. The molecule has 0 saturated carbocycles. The van der Waals surface area contributed by atoms with E-state index in [0.29, 0.717) is 42.9 Å². The summed E-state index contributed by atoms with van der Waals surface area (Å²) < 4.78 is 14.6. The quantitative estimate of drug-likeness (QED) is 0.642. The monoisotopic (exact) mass is 435 g/mol. The summed E-state index contributed by atoms with van der Waals surface area (Å²) >= 11 is 0. The fraction of sp³-hybridized carbons (Fsp3) is 0.217. The predicted molar refractivity (Wildman–Crippen MR) is 116 cm³/mol. The summed E-state index contributed by atoms with van der Waals surface area (Å²) in [4.78, 5) is 38.8. The smallest absolute Gasteiger partial charge is 0.276 e. The maximum atomic E-state index is 13.1. The molecular weight excluding hydrogens is 413 g/mol. The number of benzene rings is 2. The van der Waals surface area contributed by atoms with Crippen molar-refractivity contribution in [2.24, 2.45) is 11.7 Å². The van der Waals surface area contributed by atoms with Crippen molar-refractivity contribution in [3.63, 3.8) is 0 Å². The molecule has 1 fully saturated rings. The van der Waals surface area contributed by atoms with Gasteiger partial charge in [-0.25, -0.2) is 9.07 Å². The Hall–Kier alpha value is -4.01. The molecule has 4 rings (SSSR count). The van der Waals surface area contributed by atoms with Gasteiger partial charge in [-0.3, -0.25) is 14.4 Å². The van der Waals surface area contributed by atoms with Gasteiger partial charge in [0.1, 0.15) is 5.82 Å². The van der Waals surface area contributed by atoms with E-state index in [9.17, 15) is 18.8 Å². The first kappa shape index (κ1) is 21.2.